The highest BCUT2D eigenvalue weighted by Gasteiger charge is 2.33. The maximum absolute atomic E-state index is 13.3. The summed E-state index contributed by atoms with van der Waals surface area (Å²) in [5, 5.41) is 3.17. The number of carbonyl (C=O) groups is 1. The molecule has 0 saturated carbocycles. The second-order valence-electron chi connectivity index (χ2n) is 8.30. The molecule has 2 amide bonds. The van der Waals surface area contributed by atoms with Crippen LogP contribution in [0.4, 0.5) is 4.79 Å². The molecule has 1 saturated heterocycles. The molecular formula is C25H33N3O3. The van der Waals surface area contributed by atoms with Crippen LogP contribution in [0.25, 0.3) is 0 Å². The Hall–Kier alpha value is -2.73. The Morgan fingerprint density at radius 2 is 1.71 bits per heavy atom. The molecule has 0 spiro atoms. The maximum Gasteiger partial charge on any atom is 0.318 e. The predicted molar refractivity (Wildman–Crippen MR) is 122 cm³/mol. The molecule has 6 nitrogen and oxygen atoms in total. The molecule has 0 aliphatic carbocycles. The lowest BCUT2D eigenvalue weighted by atomic mass is 9.88. The topological polar surface area (TPSA) is 54.0 Å². The zero-order valence-electron chi connectivity index (χ0n) is 18.6. The number of hydrogen-bond donors (Lipinski definition) is 1. The number of benzene rings is 2. The second-order valence-corrected chi connectivity index (χ2v) is 8.30. The number of fused-ring (bicyclic) bond motifs is 1. The molecule has 2 aromatic carbocycles. The van der Waals surface area contributed by atoms with Gasteiger partial charge in [0.15, 0.2) is 11.5 Å². The highest BCUT2D eigenvalue weighted by Crippen LogP contribution is 2.40. The molecule has 6 heteroatoms. The van der Waals surface area contributed by atoms with Gasteiger partial charge in [-0.25, -0.2) is 4.79 Å². The van der Waals surface area contributed by atoms with E-state index >= 15 is 0 Å². The van der Waals surface area contributed by atoms with Gasteiger partial charge in [-0.15, -0.1) is 0 Å². The Bertz CT molecular complexity index is 881. The largest absolute Gasteiger partial charge is 0.493 e. The number of nitrogens with zero attached hydrogens (tertiary/aromatic N) is 2. The van der Waals surface area contributed by atoms with E-state index in [1.54, 1.807) is 14.2 Å². The van der Waals surface area contributed by atoms with Gasteiger partial charge in [-0.2, -0.15) is 0 Å². The van der Waals surface area contributed by atoms with Gasteiger partial charge >= 0.3 is 6.03 Å². The lowest BCUT2D eigenvalue weighted by Gasteiger charge is -2.38. The van der Waals surface area contributed by atoms with Gasteiger partial charge < -0.3 is 24.6 Å². The highest BCUT2D eigenvalue weighted by molar-refractivity contribution is 5.76. The van der Waals surface area contributed by atoms with E-state index < -0.39 is 0 Å². The van der Waals surface area contributed by atoms with Gasteiger partial charge in [0, 0.05) is 19.6 Å². The van der Waals surface area contributed by atoms with Crippen LogP contribution in [0, 0.1) is 0 Å². The Labute approximate surface area is 185 Å². The Morgan fingerprint density at radius 1 is 1.00 bits per heavy atom. The third kappa shape index (κ3) is 4.79. The van der Waals surface area contributed by atoms with Crippen LogP contribution in [0.2, 0.25) is 0 Å². The van der Waals surface area contributed by atoms with Crippen molar-refractivity contribution in [3.05, 3.63) is 59.2 Å². The molecule has 2 heterocycles. The van der Waals surface area contributed by atoms with Crippen LogP contribution in [0.1, 0.15) is 42.0 Å². The molecule has 2 aromatic rings. The Balaban J connectivity index is 1.56. The summed E-state index contributed by atoms with van der Waals surface area (Å²) < 4.78 is 11.1. The summed E-state index contributed by atoms with van der Waals surface area (Å²) >= 11 is 0. The first-order chi connectivity index (χ1) is 15.2. The first-order valence-corrected chi connectivity index (χ1v) is 11.3. The van der Waals surface area contributed by atoms with Crippen LogP contribution in [0.15, 0.2) is 42.5 Å². The van der Waals surface area contributed by atoms with Crippen molar-refractivity contribution in [3.63, 3.8) is 0 Å². The number of hydrogen-bond acceptors (Lipinski definition) is 4. The lowest BCUT2D eigenvalue weighted by Crippen LogP contribution is -2.48. The van der Waals surface area contributed by atoms with Crippen molar-refractivity contribution in [2.45, 2.75) is 31.7 Å². The minimum Gasteiger partial charge on any atom is -0.493 e. The minimum atomic E-state index is -0.153. The van der Waals surface area contributed by atoms with Crippen LogP contribution < -0.4 is 14.8 Å². The summed E-state index contributed by atoms with van der Waals surface area (Å²) in [6.07, 6.45) is 4.64. The van der Waals surface area contributed by atoms with Crippen molar-refractivity contribution < 1.29 is 14.3 Å². The van der Waals surface area contributed by atoms with Crippen LogP contribution in [0.3, 0.4) is 0 Å². The summed E-state index contributed by atoms with van der Waals surface area (Å²) in [6.45, 7) is 4.53. The number of nitrogens with one attached hydrogen (secondary N) is 1. The lowest BCUT2D eigenvalue weighted by molar-refractivity contribution is 0.175. The molecular weight excluding hydrogens is 390 g/mol. The molecule has 1 unspecified atom stereocenters. The van der Waals surface area contributed by atoms with Crippen LogP contribution >= 0.6 is 0 Å². The minimum absolute atomic E-state index is 0.00806. The average molecular weight is 424 g/mol. The van der Waals surface area contributed by atoms with Gasteiger partial charge in [-0.1, -0.05) is 36.8 Å². The molecule has 0 radical (unpaired) electrons. The van der Waals surface area contributed by atoms with Crippen LogP contribution in [-0.4, -0.2) is 62.8 Å². The highest BCUT2D eigenvalue weighted by atomic mass is 16.5. The standard InChI is InChI=1S/C25H33N3O3/c1-30-22-17-20-11-15-28(25(29)26-12-16-27-13-7-4-8-14-27)24(19-9-5-3-6-10-19)21(20)18-23(22)31-2/h3,5-6,9-10,17-18,24H,4,7-8,11-16H2,1-2H3,(H,26,29). The first kappa shape index (κ1) is 21.5. The molecule has 166 valence electrons. The molecule has 1 fully saturated rings. The van der Waals surface area contributed by atoms with E-state index in [9.17, 15) is 4.79 Å². The second kappa shape index (κ2) is 10.1. The third-order valence-corrected chi connectivity index (χ3v) is 6.40. The Kier molecular flexibility index (Phi) is 6.97. The van der Waals surface area contributed by atoms with Gasteiger partial charge in [0.05, 0.1) is 20.3 Å². The van der Waals surface area contributed by atoms with Crippen molar-refractivity contribution in [3.8, 4) is 11.5 Å². The van der Waals surface area contributed by atoms with Crippen molar-refractivity contribution in [2.75, 3.05) is 46.9 Å². The van der Waals surface area contributed by atoms with E-state index in [2.05, 4.69) is 28.4 Å². The van der Waals surface area contributed by atoms with Gasteiger partial charge in [0.2, 0.25) is 0 Å². The third-order valence-electron chi connectivity index (χ3n) is 6.40. The Morgan fingerprint density at radius 3 is 2.42 bits per heavy atom. The van der Waals surface area contributed by atoms with Crippen molar-refractivity contribution in [1.82, 2.24) is 15.1 Å². The van der Waals surface area contributed by atoms with E-state index in [1.807, 2.05) is 29.2 Å². The van der Waals surface area contributed by atoms with E-state index in [1.165, 1.54) is 24.8 Å². The number of ether oxygens (including phenoxy) is 2. The van der Waals surface area contributed by atoms with Gasteiger partial charge in [-0.05, 0) is 61.2 Å². The van der Waals surface area contributed by atoms with E-state index in [0.717, 1.165) is 42.9 Å². The van der Waals surface area contributed by atoms with E-state index in [4.69, 9.17) is 9.47 Å². The summed E-state index contributed by atoms with van der Waals surface area (Å²) in [7, 11) is 3.31. The van der Waals surface area contributed by atoms with Crippen molar-refractivity contribution in [2.24, 2.45) is 0 Å². The molecule has 4 rings (SSSR count). The molecule has 2 aliphatic rings. The zero-order chi connectivity index (χ0) is 21.6. The van der Waals surface area contributed by atoms with Gasteiger partial charge in [0.25, 0.3) is 0 Å². The van der Waals surface area contributed by atoms with Crippen LogP contribution in [0.5, 0.6) is 11.5 Å². The number of likely N-dealkylation sites (tertiary alicyclic amines) is 1. The molecule has 0 bridgehead atoms. The number of piperidine rings is 1. The van der Waals surface area contributed by atoms with Crippen molar-refractivity contribution in [1.29, 1.82) is 0 Å². The fraction of sp³-hybridized carbons (Fsp3) is 0.480. The fourth-order valence-corrected chi connectivity index (χ4v) is 4.76. The summed E-state index contributed by atoms with van der Waals surface area (Å²) in [4.78, 5) is 17.7. The zero-order valence-corrected chi connectivity index (χ0v) is 18.6. The van der Waals surface area contributed by atoms with Crippen molar-refractivity contribution >= 4 is 6.03 Å². The predicted octanol–water partition coefficient (Wildman–Crippen LogP) is 3.85. The monoisotopic (exact) mass is 423 g/mol. The normalized spacial score (nSPS) is 18.9. The maximum atomic E-state index is 13.3. The summed E-state index contributed by atoms with van der Waals surface area (Å²) in [6, 6.07) is 14.1. The van der Waals surface area contributed by atoms with Crippen LogP contribution in [-0.2, 0) is 6.42 Å². The quantitative estimate of drug-likeness (QED) is 0.767. The average Bonchev–Trinajstić information content (AvgIpc) is 2.83. The van der Waals surface area contributed by atoms with E-state index in [-0.39, 0.29) is 12.1 Å². The SMILES string of the molecule is COc1cc2c(cc1OC)C(c1ccccc1)N(C(=O)NCCN1CCCCC1)CC2. The molecule has 2 aliphatic heterocycles. The molecule has 1 atom stereocenters. The fourth-order valence-electron chi connectivity index (χ4n) is 4.76. The smallest absolute Gasteiger partial charge is 0.318 e. The number of urea groups is 1. The molecule has 0 aromatic heterocycles. The number of rotatable bonds is 6. The van der Waals surface area contributed by atoms with Gasteiger partial charge in [0.1, 0.15) is 0 Å². The number of carbonyl (C=O) groups excluding carboxylic acids is 1. The summed E-state index contributed by atoms with van der Waals surface area (Å²) in [5.41, 5.74) is 3.40. The number of amides is 2. The molecule has 31 heavy (non-hydrogen) atoms. The first-order valence-electron chi connectivity index (χ1n) is 11.3. The number of methoxy groups -OCH3 is 2. The molecule has 1 N–H and O–H groups in total. The van der Waals surface area contributed by atoms with E-state index in [0.29, 0.717) is 18.8 Å². The van der Waals surface area contributed by atoms with Gasteiger partial charge in [-0.3, -0.25) is 0 Å². The summed E-state index contributed by atoms with van der Waals surface area (Å²) in [5.74, 6) is 1.42.